The molecule has 1 unspecified atom stereocenters. The molecule has 0 spiro atoms. The second-order valence-corrected chi connectivity index (χ2v) is 5.43. The zero-order chi connectivity index (χ0) is 12.4. The predicted octanol–water partition coefficient (Wildman–Crippen LogP) is 1.79. The fourth-order valence-corrected chi connectivity index (χ4v) is 2.66. The van der Waals surface area contributed by atoms with E-state index in [-0.39, 0.29) is 11.9 Å². The summed E-state index contributed by atoms with van der Waals surface area (Å²) in [6.45, 7) is 1.45. The Morgan fingerprint density at radius 3 is 2.89 bits per heavy atom. The number of rotatable bonds is 5. The first-order valence-corrected chi connectivity index (χ1v) is 6.91. The van der Waals surface area contributed by atoms with Gasteiger partial charge in [-0.25, -0.2) is 0 Å². The zero-order valence-corrected chi connectivity index (χ0v) is 10.6. The Bertz CT molecular complexity index is 440. The van der Waals surface area contributed by atoms with Crippen LogP contribution in [0.25, 0.3) is 0 Å². The first kappa shape index (κ1) is 11.7. The molecule has 0 aromatic heterocycles. The van der Waals surface area contributed by atoms with Gasteiger partial charge < -0.3 is 10.6 Å². The van der Waals surface area contributed by atoms with Gasteiger partial charge in [0.1, 0.15) is 0 Å². The zero-order valence-electron chi connectivity index (χ0n) is 10.6. The van der Waals surface area contributed by atoms with Gasteiger partial charge in [0.2, 0.25) is 5.91 Å². The van der Waals surface area contributed by atoms with Crippen molar-refractivity contribution in [2.45, 2.75) is 31.7 Å². The molecule has 1 fully saturated rings. The van der Waals surface area contributed by atoms with Crippen LogP contribution in [0.5, 0.6) is 0 Å². The quantitative estimate of drug-likeness (QED) is 0.829. The van der Waals surface area contributed by atoms with Crippen LogP contribution in [0.4, 0.5) is 0 Å². The van der Waals surface area contributed by atoms with Crippen LogP contribution in [0.1, 0.15) is 36.4 Å². The number of hydrogen-bond acceptors (Lipinski definition) is 2. The summed E-state index contributed by atoms with van der Waals surface area (Å²) < 4.78 is 0. The minimum Gasteiger partial charge on any atom is -0.348 e. The van der Waals surface area contributed by atoms with Crippen LogP contribution in [-0.2, 0) is 11.2 Å². The first-order valence-electron chi connectivity index (χ1n) is 6.91. The van der Waals surface area contributed by atoms with Gasteiger partial charge in [-0.15, -0.1) is 0 Å². The molecule has 0 aliphatic heterocycles. The summed E-state index contributed by atoms with van der Waals surface area (Å²) in [5.74, 6) is 0.947. The number of benzene rings is 1. The van der Waals surface area contributed by atoms with E-state index in [9.17, 15) is 4.79 Å². The van der Waals surface area contributed by atoms with Gasteiger partial charge >= 0.3 is 0 Å². The molecular formula is C15H20N2O. The molecule has 0 heterocycles. The van der Waals surface area contributed by atoms with Crippen molar-refractivity contribution < 1.29 is 4.79 Å². The average molecular weight is 244 g/mol. The van der Waals surface area contributed by atoms with Crippen LogP contribution < -0.4 is 10.6 Å². The number of carbonyl (C=O) groups excluding carboxylic acids is 1. The Balaban J connectivity index is 1.49. The summed E-state index contributed by atoms with van der Waals surface area (Å²) in [4.78, 5) is 11.8. The lowest BCUT2D eigenvalue weighted by Crippen LogP contribution is -2.36. The molecule has 2 N–H and O–H groups in total. The molecule has 3 nitrogen and oxygen atoms in total. The number of carbonyl (C=O) groups is 1. The van der Waals surface area contributed by atoms with Crippen LogP contribution in [0.15, 0.2) is 24.3 Å². The SMILES string of the molecule is O=C(CNCC1CC1)NC1CCc2ccccc21. The third kappa shape index (κ3) is 2.72. The summed E-state index contributed by atoms with van der Waals surface area (Å²) in [6, 6.07) is 8.63. The smallest absolute Gasteiger partial charge is 0.234 e. The summed E-state index contributed by atoms with van der Waals surface area (Å²) in [5, 5.41) is 6.36. The molecule has 1 aromatic rings. The molecule has 2 aliphatic rings. The van der Waals surface area contributed by atoms with E-state index in [1.165, 1.54) is 24.0 Å². The summed E-state index contributed by atoms with van der Waals surface area (Å²) in [6.07, 6.45) is 4.76. The van der Waals surface area contributed by atoms with E-state index in [0.717, 1.165) is 25.3 Å². The second kappa shape index (κ2) is 5.11. The highest BCUT2D eigenvalue weighted by molar-refractivity contribution is 5.78. The lowest BCUT2D eigenvalue weighted by Gasteiger charge is -2.14. The van der Waals surface area contributed by atoms with Crippen LogP contribution in [0.2, 0.25) is 0 Å². The maximum Gasteiger partial charge on any atom is 0.234 e. The Kier molecular flexibility index (Phi) is 3.33. The normalized spacial score (nSPS) is 21.7. The van der Waals surface area contributed by atoms with E-state index >= 15 is 0 Å². The van der Waals surface area contributed by atoms with Gasteiger partial charge in [0, 0.05) is 0 Å². The molecule has 3 rings (SSSR count). The third-order valence-electron chi connectivity index (χ3n) is 3.88. The Labute approximate surface area is 108 Å². The summed E-state index contributed by atoms with van der Waals surface area (Å²) >= 11 is 0. The van der Waals surface area contributed by atoms with Crippen molar-refractivity contribution in [1.29, 1.82) is 0 Å². The van der Waals surface area contributed by atoms with E-state index in [4.69, 9.17) is 0 Å². The van der Waals surface area contributed by atoms with E-state index in [1.807, 2.05) is 0 Å². The lowest BCUT2D eigenvalue weighted by atomic mass is 10.1. The van der Waals surface area contributed by atoms with Crippen molar-refractivity contribution in [2.24, 2.45) is 5.92 Å². The number of nitrogens with one attached hydrogen (secondary N) is 2. The third-order valence-corrected chi connectivity index (χ3v) is 3.88. The van der Waals surface area contributed by atoms with Gasteiger partial charge in [-0.2, -0.15) is 0 Å². The molecule has 2 aliphatic carbocycles. The van der Waals surface area contributed by atoms with Crippen LogP contribution in [-0.4, -0.2) is 19.0 Å². The van der Waals surface area contributed by atoms with Crippen LogP contribution in [0, 0.1) is 5.92 Å². The van der Waals surface area contributed by atoms with E-state index in [2.05, 4.69) is 34.9 Å². The minimum absolute atomic E-state index is 0.123. The molecule has 1 saturated carbocycles. The number of aryl methyl sites for hydroxylation is 1. The number of amides is 1. The summed E-state index contributed by atoms with van der Waals surface area (Å²) in [5.41, 5.74) is 2.68. The maximum absolute atomic E-state index is 11.8. The molecule has 1 atom stereocenters. The van der Waals surface area contributed by atoms with Crippen molar-refractivity contribution in [3.05, 3.63) is 35.4 Å². The maximum atomic E-state index is 11.8. The summed E-state index contributed by atoms with van der Waals surface area (Å²) in [7, 11) is 0. The van der Waals surface area contributed by atoms with Gasteiger partial charge in [-0.05, 0) is 49.3 Å². The first-order chi connectivity index (χ1) is 8.83. The second-order valence-electron chi connectivity index (χ2n) is 5.43. The molecule has 1 aromatic carbocycles. The van der Waals surface area contributed by atoms with E-state index in [1.54, 1.807) is 0 Å². The molecule has 3 heteroatoms. The monoisotopic (exact) mass is 244 g/mol. The lowest BCUT2D eigenvalue weighted by molar-refractivity contribution is -0.121. The molecule has 0 bridgehead atoms. The largest absolute Gasteiger partial charge is 0.348 e. The Morgan fingerprint density at radius 1 is 1.22 bits per heavy atom. The van der Waals surface area contributed by atoms with Gasteiger partial charge in [0.15, 0.2) is 0 Å². The highest BCUT2D eigenvalue weighted by Gasteiger charge is 2.24. The highest BCUT2D eigenvalue weighted by Crippen LogP contribution is 2.30. The van der Waals surface area contributed by atoms with Crippen molar-refractivity contribution in [3.8, 4) is 0 Å². The van der Waals surface area contributed by atoms with E-state index < -0.39 is 0 Å². The van der Waals surface area contributed by atoms with Crippen molar-refractivity contribution in [2.75, 3.05) is 13.1 Å². The van der Waals surface area contributed by atoms with Crippen molar-refractivity contribution in [3.63, 3.8) is 0 Å². The fourth-order valence-electron chi connectivity index (χ4n) is 2.66. The molecule has 0 radical (unpaired) electrons. The topological polar surface area (TPSA) is 41.1 Å². The molecule has 1 amide bonds. The van der Waals surface area contributed by atoms with Crippen molar-refractivity contribution >= 4 is 5.91 Å². The van der Waals surface area contributed by atoms with E-state index in [0.29, 0.717) is 6.54 Å². The Hall–Kier alpha value is -1.35. The van der Waals surface area contributed by atoms with Crippen LogP contribution >= 0.6 is 0 Å². The number of fused-ring (bicyclic) bond motifs is 1. The minimum atomic E-state index is 0.123. The molecule has 18 heavy (non-hydrogen) atoms. The Morgan fingerprint density at radius 2 is 2.06 bits per heavy atom. The highest BCUT2D eigenvalue weighted by atomic mass is 16.1. The molecule has 0 saturated heterocycles. The fraction of sp³-hybridized carbons (Fsp3) is 0.533. The van der Waals surface area contributed by atoms with Gasteiger partial charge in [0.25, 0.3) is 0 Å². The van der Waals surface area contributed by atoms with Gasteiger partial charge in [-0.3, -0.25) is 4.79 Å². The predicted molar refractivity (Wildman–Crippen MR) is 71.2 cm³/mol. The standard InChI is InChI=1S/C15H20N2O/c18-15(10-16-9-11-5-6-11)17-14-8-7-12-3-1-2-4-13(12)14/h1-4,11,14,16H,5-10H2,(H,17,18). The van der Waals surface area contributed by atoms with Crippen LogP contribution in [0.3, 0.4) is 0 Å². The molecular weight excluding hydrogens is 224 g/mol. The van der Waals surface area contributed by atoms with Gasteiger partial charge in [-0.1, -0.05) is 24.3 Å². The molecule has 96 valence electrons. The number of hydrogen-bond donors (Lipinski definition) is 2. The van der Waals surface area contributed by atoms with Crippen molar-refractivity contribution in [1.82, 2.24) is 10.6 Å². The average Bonchev–Trinajstić information content (AvgIpc) is 3.11. The van der Waals surface area contributed by atoms with Gasteiger partial charge in [0.05, 0.1) is 12.6 Å².